The molecule has 0 amide bonds. The molecule has 1 atom stereocenters. The molecule has 18 heavy (non-hydrogen) atoms. The van der Waals surface area contributed by atoms with E-state index in [1.165, 1.54) is 0 Å². The second-order valence-corrected chi connectivity index (χ2v) is 7.98. The highest BCUT2D eigenvalue weighted by molar-refractivity contribution is 4.85. The SMILES string of the molecule is CC(C)CC(C)(C)C(O)OC(C)(C)CC(C)(C)N. The van der Waals surface area contributed by atoms with Crippen LogP contribution in [0.25, 0.3) is 0 Å². The van der Waals surface area contributed by atoms with E-state index in [1.807, 2.05) is 41.5 Å². The van der Waals surface area contributed by atoms with Crippen molar-refractivity contribution in [2.75, 3.05) is 0 Å². The predicted octanol–water partition coefficient (Wildman–Crippen LogP) is 3.30. The Kier molecular flexibility index (Phi) is 5.85. The lowest BCUT2D eigenvalue weighted by atomic mass is 9.82. The molecule has 0 radical (unpaired) electrons. The standard InChI is InChI=1S/C15H33NO2/c1-11(2)9-13(3,4)12(17)18-15(7,8)10-14(5,6)16/h11-12,17H,9-10,16H2,1-8H3. The minimum atomic E-state index is -0.766. The van der Waals surface area contributed by atoms with Gasteiger partial charge in [0, 0.05) is 11.0 Å². The lowest BCUT2D eigenvalue weighted by molar-refractivity contribution is -0.228. The molecule has 0 aromatic carbocycles. The Balaban J connectivity index is 4.58. The van der Waals surface area contributed by atoms with Crippen LogP contribution in [-0.4, -0.2) is 22.5 Å². The molecule has 3 N–H and O–H groups in total. The highest BCUT2D eigenvalue weighted by Gasteiger charge is 2.36. The predicted molar refractivity (Wildman–Crippen MR) is 77.3 cm³/mol. The highest BCUT2D eigenvalue weighted by Crippen LogP contribution is 2.34. The second-order valence-electron chi connectivity index (χ2n) is 7.98. The van der Waals surface area contributed by atoms with Gasteiger partial charge in [-0.3, -0.25) is 0 Å². The smallest absolute Gasteiger partial charge is 0.160 e. The average molecular weight is 259 g/mol. The zero-order valence-electron chi connectivity index (χ0n) is 13.5. The molecule has 0 saturated heterocycles. The number of hydrogen-bond donors (Lipinski definition) is 2. The van der Waals surface area contributed by atoms with Gasteiger partial charge in [-0.1, -0.05) is 27.7 Å². The topological polar surface area (TPSA) is 55.5 Å². The first-order valence-corrected chi connectivity index (χ1v) is 6.90. The van der Waals surface area contributed by atoms with Crippen LogP contribution in [0.3, 0.4) is 0 Å². The molecule has 0 aliphatic rings. The van der Waals surface area contributed by atoms with Crippen LogP contribution in [0.2, 0.25) is 0 Å². The minimum Gasteiger partial charge on any atom is -0.367 e. The van der Waals surface area contributed by atoms with Gasteiger partial charge in [-0.25, -0.2) is 0 Å². The van der Waals surface area contributed by atoms with E-state index in [1.54, 1.807) is 0 Å². The van der Waals surface area contributed by atoms with Crippen LogP contribution in [0.15, 0.2) is 0 Å². The second kappa shape index (κ2) is 5.89. The van der Waals surface area contributed by atoms with Crippen LogP contribution >= 0.6 is 0 Å². The molecule has 0 bridgehead atoms. The first-order valence-electron chi connectivity index (χ1n) is 6.90. The lowest BCUT2D eigenvalue weighted by Gasteiger charge is -2.39. The van der Waals surface area contributed by atoms with Gasteiger partial charge < -0.3 is 15.6 Å². The zero-order chi connectivity index (χ0) is 14.8. The van der Waals surface area contributed by atoms with Crippen molar-refractivity contribution < 1.29 is 9.84 Å². The van der Waals surface area contributed by atoms with E-state index in [9.17, 15) is 5.11 Å². The summed E-state index contributed by atoms with van der Waals surface area (Å²) < 4.78 is 5.86. The van der Waals surface area contributed by atoms with Gasteiger partial charge in [0.2, 0.25) is 0 Å². The molecule has 0 aliphatic heterocycles. The van der Waals surface area contributed by atoms with Gasteiger partial charge in [-0.15, -0.1) is 0 Å². The maximum atomic E-state index is 10.3. The van der Waals surface area contributed by atoms with Crippen LogP contribution in [0, 0.1) is 11.3 Å². The van der Waals surface area contributed by atoms with Crippen molar-refractivity contribution in [3.05, 3.63) is 0 Å². The molecule has 0 aliphatic carbocycles. The molecule has 3 heteroatoms. The molecule has 0 heterocycles. The van der Waals surface area contributed by atoms with E-state index in [2.05, 4.69) is 13.8 Å². The van der Waals surface area contributed by atoms with Crippen molar-refractivity contribution in [3.63, 3.8) is 0 Å². The summed E-state index contributed by atoms with van der Waals surface area (Å²) in [5.41, 5.74) is 5.05. The van der Waals surface area contributed by atoms with Gasteiger partial charge in [0.25, 0.3) is 0 Å². The normalized spacial score (nSPS) is 16.2. The van der Waals surface area contributed by atoms with E-state index >= 15 is 0 Å². The van der Waals surface area contributed by atoms with E-state index < -0.39 is 11.9 Å². The van der Waals surface area contributed by atoms with Gasteiger partial charge in [0.15, 0.2) is 6.29 Å². The third kappa shape index (κ3) is 7.34. The quantitative estimate of drug-likeness (QED) is 0.690. The van der Waals surface area contributed by atoms with Gasteiger partial charge in [0.05, 0.1) is 5.60 Å². The maximum absolute atomic E-state index is 10.3. The van der Waals surface area contributed by atoms with Crippen LogP contribution in [0.5, 0.6) is 0 Å². The molecule has 0 fully saturated rings. The molecule has 1 unspecified atom stereocenters. The van der Waals surface area contributed by atoms with Crippen LogP contribution in [0.4, 0.5) is 0 Å². The Bertz CT molecular complexity index is 252. The fraction of sp³-hybridized carbons (Fsp3) is 1.00. The zero-order valence-corrected chi connectivity index (χ0v) is 13.5. The summed E-state index contributed by atoms with van der Waals surface area (Å²) in [4.78, 5) is 0. The number of hydrogen-bond acceptors (Lipinski definition) is 3. The third-order valence-electron chi connectivity index (χ3n) is 2.91. The van der Waals surface area contributed by atoms with Gasteiger partial charge in [-0.2, -0.15) is 0 Å². The molecule has 0 saturated carbocycles. The summed E-state index contributed by atoms with van der Waals surface area (Å²) in [5, 5.41) is 10.3. The molecule has 0 rings (SSSR count). The summed E-state index contributed by atoms with van der Waals surface area (Å²) in [5.74, 6) is 0.535. The molecular weight excluding hydrogens is 226 g/mol. The molecule has 0 aromatic heterocycles. The number of aliphatic hydroxyl groups is 1. The maximum Gasteiger partial charge on any atom is 0.160 e. The lowest BCUT2D eigenvalue weighted by Crippen LogP contribution is -2.46. The Morgan fingerprint density at radius 2 is 1.50 bits per heavy atom. The summed E-state index contributed by atoms with van der Waals surface area (Å²) in [7, 11) is 0. The van der Waals surface area contributed by atoms with Crippen molar-refractivity contribution in [2.24, 2.45) is 17.1 Å². The van der Waals surface area contributed by atoms with Crippen LogP contribution in [0.1, 0.15) is 68.2 Å². The fourth-order valence-electron chi connectivity index (χ4n) is 2.75. The fourth-order valence-corrected chi connectivity index (χ4v) is 2.75. The number of ether oxygens (including phenoxy) is 1. The van der Waals surface area contributed by atoms with Crippen molar-refractivity contribution >= 4 is 0 Å². The molecule has 110 valence electrons. The largest absolute Gasteiger partial charge is 0.367 e. The Hall–Kier alpha value is -0.120. The van der Waals surface area contributed by atoms with Crippen LogP contribution in [-0.2, 0) is 4.74 Å². The molecular formula is C15H33NO2. The van der Waals surface area contributed by atoms with Crippen molar-refractivity contribution in [1.29, 1.82) is 0 Å². The van der Waals surface area contributed by atoms with E-state index in [0.717, 1.165) is 6.42 Å². The van der Waals surface area contributed by atoms with Crippen molar-refractivity contribution in [3.8, 4) is 0 Å². The van der Waals surface area contributed by atoms with Crippen molar-refractivity contribution in [1.82, 2.24) is 0 Å². The van der Waals surface area contributed by atoms with E-state index in [0.29, 0.717) is 12.3 Å². The highest BCUT2D eigenvalue weighted by atomic mass is 16.6. The summed E-state index contributed by atoms with van der Waals surface area (Å²) in [6.45, 7) is 16.3. The molecule has 0 spiro atoms. The first kappa shape index (κ1) is 17.9. The number of rotatable bonds is 7. The first-order chi connectivity index (χ1) is 7.75. The average Bonchev–Trinajstić information content (AvgIpc) is 1.93. The van der Waals surface area contributed by atoms with Gasteiger partial charge >= 0.3 is 0 Å². The number of aliphatic hydroxyl groups excluding tert-OH is 1. The molecule has 3 nitrogen and oxygen atoms in total. The summed E-state index contributed by atoms with van der Waals surface area (Å²) >= 11 is 0. The molecule has 0 aromatic rings. The van der Waals surface area contributed by atoms with Crippen LogP contribution < -0.4 is 5.73 Å². The van der Waals surface area contributed by atoms with E-state index in [4.69, 9.17) is 10.5 Å². The number of nitrogens with two attached hydrogens (primary N) is 1. The van der Waals surface area contributed by atoms with E-state index in [-0.39, 0.29) is 11.0 Å². The minimum absolute atomic E-state index is 0.246. The Morgan fingerprint density at radius 3 is 1.83 bits per heavy atom. The Morgan fingerprint density at radius 1 is 1.06 bits per heavy atom. The third-order valence-corrected chi connectivity index (χ3v) is 2.91. The van der Waals surface area contributed by atoms with Gasteiger partial charge in [0.1, 0.15) is 0 Å². The van der Waals surface area contributed by atoms with Crippen molar-refractivity contribution in [2.45, 2.75) is 85.7 Å². The summed E-state index contributed by atoms with van der Waals surface area (Å²) in [6.07, 6.45) is 0.864. The van der Waals surface area contributed by atoms with Gasteiger partial charge in [-0.05, 0) is 46.5 Å². The monoisotopic (exact) mass is 259 g/mol. The Labute approximate surface area is 113 Å². The summed E-state index contributed by atoms with van der Waals surface area (Å²) in [6, 6.07) is 0.